The summed E-state index contributed by atoms with van der Waals surface area (Å²) in [7, 11) is 0. The van der Waals surface area contributed by atoms with Crippen LogP contribution in [0.5, 0.6) is 0 Å². The van der Waals surface area contributed by atoms with E-state index in [4.69, 9.17) is 0 Å². The van der Waals surface area contributed by atoms with Gasteiger partial charge in [-0.15, -0.1) is 0 Å². The highest BCUT2D eigenvalue weighted by Gasteiger charge is 2.20. The SMILES string of the molecule is CC(=O)NCCCNC[C@H]1CCCC[C@@H]1C. The summed E-state index contributed by atoms with van der Waals surface area (Å²) in [6.07, 6.45) is 6.64. The second-order valence-corrected chi connectivity index (χ2v) is 5.06. The van der Waals surface area contributed by atoms with Crippen LogP contribution in [-0.2, 0) is 4.79 Å². The van der Waals surface area contributed by atoms with Crippen LogP contribution in [0.1, 0.15) is 46.0 Å². The summed E-state index contributed by atoms with van der Waals surface area (Å²) in [5, 5.41) is 6.32. The van der Waals surface area contributed by atoms with Crippen molar-refractivity contribution < 1.29 is 4.79 Å². The van der Waals surface area contributed by atoms with Crippen LogP contribution in [-0.4, -0.2) is 25.5 Å². The van der Waals surface area contributed by atoms with E-state index in [9.17, 15) is 4.79 Å². The largest absolute Gasteiger partial charge is 0.356 e. The Balaban J connectivity index is 1.95. The van der Waals surface area contributed by atoms with Gasteiger partial charge in [-0.3, -0.25) is 4.79 Å². The molecule has 0 aromatic rings. The number of nitrogens with one attached hydrogen (secondary N) is 2. The molecule has 3 heteroatoms. The van der Waals surface area contributed by atoms with Crippen molar-refractivity contribution in [1.82, 2.24) is 10.6 Å². The van der Waals surface area contributed by atoms with Crippen LogP contribution >= 0.6 is 0 Å². The summed E-state index contributed by atoms with van der Waals surface area (Å²) >= 11 is 0. The van der Waals surface area contributed by atoms with Crippen molar-refractivity contribution >= 4 is 5.91 Å². The van der Waals surface area contributed by atoms with E-state index in [2.05, 4.69) is 17.6 Å². The molecular formula is C13H26N2O. The molecule has 16 heavy (non-hydrogen) atoms. The fourth-order valence-electron chi connectivity index (χ4n) is 2.46. The molecule has 0 unspecified atom stereocenters. The summed E-state index contributed by atoms with van der Waals surface area (Å²) in [5.74, 6) is 1.83. The van der Waals surface area contributed by atoms with E-state index in [1.54, 1.807) is 6.92 Å². The predicted octanol–water partition coefficient (Wildman–Crippen LogP) is 1.93. The molecular weight excluding hydrogens is 200 g/mol. The lowest BCUT2D eigenvalue weighted by Crippen LogP contribution is -2.31. The van der Waals surface area contributed by atoms with Crippen LogP contribution in [0.3, 0.4) is 0 Å². The number of hydrogen-bond acceptors (Lipinski definition) is 2. The standard InChI is InChI=1S/C13H26N2O/c1-11-6-3-4-7-13(11)10-14-8-5-9-15-12(2)16/h11,13-14H,3-10H2,1-2H3,(H,15,16)/t11-,13+/m0/s1. The van der Waals surface area contributed by atoms with E-state index in [0.29, 0.717) is 0 Å². The van der Waals surface area contributed by atoms with E-state index in [-0.39, 0.29) is 5.91 Å². The third-order valence-corrected chi connectivity index (χ3v) is 3.60. The maximum atomic E-state index is 10.6. The van der Waals surface area contributed by atoms with E-state index < -0.39 is 0 Å². The van der Waals surface area contributed by atoms with Gasteiger partial charge in [-0.05, 0) is 37.8 Å². The summed E-state index contributed by atoms with van der Waals surface area (Å²) in [5.41, 5.74) is 0. The van der Waals surface area contributed by atoms with Gasteiger partial charge < -0.3 is 10.6 Å². The Morgan fingerprint density at radius 2 is 2.00 bits per heavy atom. The number of amides is 1. The number of carbonyl (C=O) groups is 1. The summed E-state index contributed by atoms with van der Waals surface area (Å²) < 4.78 is 0. The van der Waals surface area contributed by atoms with E-state index in [1.165, 1.54) is 25.7 Å². The van der Waals surface area contributed by atoms with Crippen LogP contribution in [0.4, 0.5) is 0 Å². The van der Waals surface area contributed by atoms with Gasteiger partial charge in [-0.25, -0.2) is 0 Å². The molecule has 0 bridgehead atoms. The highest BCUT2D eigenvalue weighted by molar-refractivity contribution is 5.72. The van der Waals surface area contributed by atoms with Gasteiger partial charge in [-0.1, -0.05) is 26.2 Å². The molecule has 3 nitrogen and oxygen atoms in total. The quantitative estimate of drug-likeness (QED) is 0.679. The Morgan fingerprint density at radius 1 is 1.25 bits per heavy atom. The molecule has 0 aromatic carbocycles. The van der Waals surface area contributed by atoms with Gasteiger partial charge in [0.1, 0.15) is 0 Å². The molecule has 0 saturated heterocycles. The Morgan fingerprint density at radius 3 is 2.69 bits per heavy atom. The van der Waals surface area contributed by atoms with Crippen molar-refractivity contribution in [2.24, 2.45) is 11.8 Å². The van der Waals surface area contributed by atoms with Crippen LogP contribution < -0.4 is 10.6 Å². The van der Waals surface area contributed by atoms with Crippen LogP contribution in [0.2, 0.25) is 0 Å². The molecule has 0 aliphatic heterocycles. The van der Waals surface area contributed by atoms with Crippen molar-refractivity contribution in [3.05, 3.63) is 0 Å². The maximum absolute atomic E-state index is 10.6. The summed E-state index contributed by atoms with van der Waals surface area (Å²) in [6.45, 7) is 6.91. The average Bonchev–Trinajstić information content (AvgIpc) is 2.25. The first-order valence-corrected chi connectivity index (χ1v) is 6.65. The first kappa shape index (κ1) is 13.5. The fourth-order valence-corrected chi connectivity index (χ4v) is 2.46. The molecule has 0 radical (unpaired) electrons. The number of hydrogen-bond donors (Lipinski definition) is 2. The van der Waals surface area contributed by atoms with Gasteiger partial charge in [0.2, 0.25) is 5.91 Å². The van der Waals surface area contributed by atoms with E-state index >= 15 is 0 Å². The highest BCUT2D eigenvalue weighted by Crippen LogP contribution is 2.28. The van der Waals surface area contributed by atoms with E-state index in [1.807, 2.05) is 0 Å². The van der Waals surface area contributed by atoms with Crippen molar-refractivity contribution in [1.29, 1.82) is 0 Å². The average molecular weight is 226 g/mol. The molecule has 0 spiro atoms. The minimum atomic E-state index is 0.0703. The van der Waals surface area contributed by atoms with Crippen LogP contribution in [0, 0.1) is 11.8 Å². The molecule has 1 fully saturated rings. The molecule has 1 aliphatic carbocycles. The lowest BCUT2D eigenvalue weighted by atomic mass is 9.80. The van der Waals surface area contributed by atoms with Gasteiger partial charge in [0.25, 0.3) is 0 Å². The minimum absolute atomic E-state index is 0.0703. The lowest BCUT2D eigenvalue weighted by molar-refractivity contribution is -0.118. The van der Waals surface area contributed by atoms with Gasteiger partial charge in [0.05, 0.1) is 0 Å². The Hall–Kier alpha value is -0.570. The molecule has 1 saturated carbocycles. The fraction of sp³-hybridized carbons (Fsp3) is 0.923. The molecule has 1 amide bonds. The molecule has 94 valence electrons. The Kier molecular flexibility index (Phi) is 6.46. The van der Waals surface area contributed by atoms with Crippen LogP contribution in [0.25, 0.3) is 0 Å². The molecule has 2 atom stereocenters. The first-order valence-electron chi connectivity index (χ1n) is 6.65. The van der Waals surface area contributed by atoms with Crippen molar-refractivity contribution in [3.63, 3.8) is 0 Å². The van der Waals surface area contributed by atoms with Crippen molar-refractivity contribution in [3.8, 4) is 0 Å². The molecule has 1 aliphatic rings. The first-order chi connectivity index (χ1) is 7.70. The minimum Gasteiger partial charge on any atom is -0.356 e. The zero-order valence-electron chi connectivity index (χ0n) is 10.7. The normalized spacial score (nSPS) is 25.4. The molecule has 0 heterocycles. The topological polar surface area (TPSA) is 41.1 Å². The molecule has 0 aromatic heterocycles. The van der Waals surface area contributed by atoms with Gasteiger partial charge in [0.15, 0.2) is 0 Å². The Bertz CT molecular complexity index is 206. The lowest BCUT2D eigenvalue weighted by Gasteiger charge is -2.28. The second kappa shape index (κ2) is 7.66. The summed E-state index contributed by atoms with van der Waals surface area (Å²) in [4.78, 5) is 10.6. The van der Waals surface area contributed by atoms with Crippen molar-refractivity contribution in [2.75, 3.05) is 19.6 Å². The molecule has 1 rings (SSSR count). The zero-order chi connectivity index (χ0) is 11.8. The number of carbonyl (C=O) groups excluding carboxylic acids is 1. The van der Waals surface area contributed by atoms with Crippen molar-refractivity contribution in [2.45, 2.75) is 46.0 Å². The van der Waals surface area contributed by atoms with Gasteiger partial charge >= 0.3 is 0 Å². The molecule has 2 N–H and O–H groups in total. The second-order valence-electron chi connectivity index (χ2n) is 5.06. The van der Waals surface area contributed by atoms with E-state index in [0.717, 1.165) is 37.9 Å². The van der Waals surface area contributed by atoms with Gasteiger partial charge in [-0.2, -0.15) is 0 Å². The Labute approximate surface area is 99.4 Å². The third-order valence-electron chi connectivity index (χ3n) is 3.60. The van der Waals surface area contributed by atoms with Gasteiger partial charge in [0, 0.05) is 13.5 Å². The summed E-state index contributed by atoms with van der Waals surface area (Å²) in [6, 6.07) is 0. The maximum Gasteiger partial charge on any atom is 0.216 e. The monoisotopic (exact) mass is 226 g/mol. The predicted molar refractivity (Wildman–Crippen MR) is 67.3 cm³/mol. The smallest absolute Gasteiger partial charge is 0.216 e. The third kappa shape index (κ3) is 5.50. The zero-order valence-corrected chi connectivity index (χ0v) is 10.7. The van der Waals surface area contributed by atoms with Crippen LogP contribution in [0.15, 0.2) is 0 Å². The number of rotatable bonds is 6. The highest BCUT2D eigenvalue weighted by atomic mass is 16.1.